The first-order valence-electron chi connectivity index (χ1n) is 8.41. The first-order valence-corrected chi connectivity index (χ1v) is 10.3. The second-order valence-electron chi connectivity index (χ2n) is 6.11. The Balaban J connectivity index is 1.72. The van der Waals surface area contributed by atoms with Crippen molar-refractivity contribution in [2.75, 3.05) is 0 Å². The van der Waals surface area contributed by atoms with Gasteiger partial charge in [0.15, 0.2) is 0 Å². The van der Waals surface area contributed by atoms with E-state index in [0.29, 0.717) is 16.5 Å². The van der Waals surface area contributed by atoms with E-state index in [1.807, 2.05) is 37.3 Å². The van der Waals surface area contributed by atoms with Crippen molar-refractivity contribution in [2.24, 2.45) is 0 Å². The van der Waals surface area contributed by atoms with E-state index in [1.165, 1.54) is 24.3 Å². The number of nitriles is 1. The lowest BCUT2D eigenvalue weighted by Crippen LogP contribution is -2.23. The van der Waals surface area contributed by atoms with E-state index in [0.717, 1.165) is 11.1 Å². The van der Waals surface area contributed by atoms with Crippen LogP contribution < -0.4 is 9.46 Å². The number of nitrogens with zero attached hydrogens (tertiary/aromatic N) is 1. The first kappa shape index (κ1) is 19.9. The molecule has 0 saturated heterocycles. The van der Waals surface area contributed by atoms with Gasteiger partial charge in [-0.25, -0.2) is 13.1 Å². The van der Waals surface area contributed by atoms with Gasteiger partial charge in [-0.3, -0.25) is 0 Å². The van der Waals surface area contributed by atoms with Crippen LogP contribution in [0.2, 0.25) is 5.02 Å². The van der Waals surface area contributed by atoms with Crippen LogP contribution in [0.3, 0.4) is 0 Å². The molecule has 0 spiro atoms. The molecule has 0 bridgehead atoms. The summed E-state index contributed by atoms with van der Waals surface area (Å²) in [5.74, 6) is 0.708. The van der Waals surface area contributed by atoms with Gasteiger partial charge in [0, 0.05) is 6.54 Å². The fourth-order valence-corrected chi connectivity index (χ4v) is 3.71. The van der Waals surface area contributed by atoms with E-state index in [4.69, 9.17) is 16.3 Å². The number of aryl methyl sites for hydroxylation is 1. The number of nitrogens with one attached hydrogen (secondary N) is 1. The van der Waals surface area contributed by atoms with Crippen molar-refractivity contribution in [3.8, 4) is 17.6 Å². The summed E-state index contributed by atoms with van der Waals surface area (Å²) in [7, 11) is -3.66. The van der Waals surface area contributed by atoms with Crippen LogP contribution in [0.5, 0.6) is 11.5 Å². The predicted octanol–water partition coefficient (Wildman–Crippen LogP) is 4.79. The maximum atomic E-state index is 12.5. The topological polar surface area (TPSA) is 79.2 Å². The molecular weight excluding hydrogens is 396 g/mol. The number of hydrogen-bond acceptors (Lipinski definition) is 4. The van der Waals surface area contributed by atoms with Gasteiger partial charge in [0.1, 0.15) is 23.1 Å². The molecule has 1 N–H and O–H groups in total. The second kappa shape index (κ2) is 8.44. The fourth-order valence-electron chi connectivity index (χ4n) is 2.48. The minimum absolute atomic E-state index is 0.124. The number of benzene rings is 3. The van der Waals surface area contributed by atoms with Gasteiger partial charge >= 0.3 is 0 Å². The Morgan fingerprint density at radius 2 is 1.71 bits per heavy atom. The third-order valence-corrected chi connectivity index (χ3v) is 5.77. The number of rotatable bonds is 6. The van der Waals surface area contributed by atoms with Crippen LogP contribution >= 0.6 is 11.6 Å². The number of halogens is 1. The molecule has 0 heterocycles. The molecule has 0 fully saturated rings. The quantitative estimate of drug-likeness (QED) is 0.631. The summed E-state index contributed by atoms with van der Waals surface area (Å²) in [5.41, 5.74) is 2.21. The Morgan fingerprint density at radius 3 is 2.36 bits per heavy atom. The molecule has 142 valence electrons. The molecule has 0 aromatic heterocycles. The zero-order chi connectivity index (χ0) is 20.1. The van der Waals surface area contributed by atoms with E-state index in [-0.39, 0.29) is 17.0 Å². The van der Waals surface area contributed by atoms with Crippen molar-refractivity contribution in [2.45, 2.75) is 18.4 Å². The highest BCUT2D eigenvalue weighted by Gasteiger charge is 2.14. The lowest BCUT2D eigenvalue weighted by Gasteiger charge is -2.10. The molecule has 0 amide bonds. The van der Waals surface area contributed by atoms with Gasteiger partial charge in [-0.2, -0.15) is 5.26 Å². The van der Waals surface area contributed by atoms with Crippen LogP contribution in [0.4, 0.5) is 0 Å². The van der Waals surface area contributed by atoms with Crippen LogP contribution in [0, 0.1) is 18.3 Å². The van der Waals surface area contributed by atoms with Gasteiger partial charge in [-0.1, -0.05) is 47.5 Å². The summed E-state index contributed by atoms with van der Waals surface area (Å²) in [6.45, 7) is 2.18. The summed E-state index contributed by atoms with van der Waals surface area (Å²) < 4.78 is 33.2. The smallest absolute Gasteiger partial charge is 0.240 e. The average Bonchev–Trinajstić information content (AvgIpc) is 2.68. The zero-order valence-electron chi connectivity index (χ0n) is 15.0. The molecule has 0 aliphatic heterocycles. The van der Waals surface area contributed by atoms with E-state index < -0.39 is 10.0 Å². The lowest BCUT2D eigenvalue weighted by atomic mass is 10.2. The molecule has 0 aliphatic carbocycles. The van der Waals surface area contributed by atoms with E-state index in [2.05, 4.69) is 4.72 Å². The molecule has 0 saturated carbocycles. The predicted molar refractivity (Wildman–Crippen MR) is 108 cm³/mol. The zero-order valence-corrected chi connectivity index (χ0v) is 16.6. The van der Waals surface area contributed by atoms with Gasteiger partial charge in [-0.05, 0) is 48.9 Å². The summed E-state index contributed by atoms with van der Waals surface area (Å²) in [5, 5.41) is 9.49. The van der Waals surface area contributed by atoms with Gasteiger partial charge in [-0.15, -0.1) is 0 Å². The Morgan fingerprint density at radius 1 is 1.04 bits per heavy atom. The monoisotopic (exact) mass is 412 g/mol. The SMILES string of the molecule is Cc1ccc(CNS(=O)(=O)c2ccc(Oc3cccc(Cl)c3C#N)cc2)cc1. The summed E-state index contributed by atoms with van der Waals surface area (Å²) in [4.78, 5) is 0.124. The van der Waals surface area contributed by atoms with E-state index in [9.17, 15) is 13.7 Å². The van der Waals surface area contributed by atoms with Crippen LogP contribution in [-0.2, 0) is 16.6 Å². The standard InChI is InChI=1S/C21H17ClN2O3S/c1-15-5-7-16(8-6-15)14-24-28(25,26)18-11-9-17(10-12-18)27-21-4-2-3-20(22)19(21)13-23/h2-12,24H,14H2,1H3. The minimum Gasteiger partial charge on any atom is -0.456 e. The van der Waals surface area contributed by atoms with Crippen LogP contribution in [0.1, 0.15) is 16.7 Å². The molecule has 7 heteroatoms. The normalized spacial score (nSPS) is 11.0. The molecule has 0 atom stereocenters. The highest BCUT2D eigenvalue weighted by molar-refractivity contribution is 7.89. The molecule has 3 rings (SSSR count). The number of hydrogen-bond donors (Lipinski definition) is 1. The molecule has 3 aromatic carbocycles. The lowest BCUT2D eigenvalue weighted by molar-refractivity contribution is 0.480. The Kier molecular flexibility index (Phi) is 6.00. The third-order valence-electron chi connectivity index (χ3n) is 4.04. The van der Waals surface area contributed by atoms with Crippen molar-refractivity contribution in [1.29, 1.82) is 5.26 Å². The van der Waals surface area contributed by atoms with E-state index >= 15 is 0 Å². The highest BCUT2D eigenvalue weighted by Crippen LogP contribution is 2.30. The van der Waals surface area contributed by atoms with Crippen molar-refractivity contribution >= 4 is 21.6 Å². The summed E-state index contributed by atoms with van der Waals surface area (Å²) >= 11 is 5.98. The maximum Gasteiger partial charge on any atom is 0.240 e. The summed E-state index contributed by atoms with van der Waals surface area (Å²) in [6.07, 6.45) is 0. The molecule has 3 aromatic rings. The van der Waals surface area contributed by atoms with Gasteiger partial charge in [0.05, 0.1) is 9.92 Å². The molecule has 5 nitrogen and oxygen atoms in total. The third kappa shape index (κ3) is 4.70. The Hall–Kier alpha value is -2.85. The molecule has 0 radical (unpaired) electrons. The minimum atomic E-state index is -3.66. The Labute approximate surface area is 169 Å². The van der Waals surface area contributed by atoms with Crippen molar-refractivity contribution in [3.05, 3.63) is 88.4 Å². The highest BCUT2D eigenvalue weighted by atomic mass is 35.5. The van der Waals surface area contributed by atoms with E-state index in [1.54, 1.807) is 18.2 Å². The van der Waals surface area contributed by atoms with Gasteiger partial charge < -0.3 is 4.74 Å². The van der Waals surface area contributed by atoms with Crippen LogP contribution in [-0.4, -0.2) is 8.42 Å². The van der Waals surface area contributed by atoms with Gasteiger partial charge in [0.25, 0.3) is 0 Å². The molecule has 0 unspecified atom stereocenters. The fraction of sp³-hybridized carbons (Fsp3) is 0.0952. The largest absolute Gasteiger partial charge is 0.456 e. The van der Waals surface area contributed by atoms with Crippen LogP contribution in [0.15, 0.2) is 71.6 Å². The average molecular weight is 413 g/mol. The number of sulfonamides is 1. The summed E-state index contributed by atoms with van der Waals surface area (Å²) in [6, 6.07) is 20.5. The first-order chi connectivity index (χ1) is 13.4. The molecule has 0 aliphatic rings. The molecular formula is C21H17ClN2O3S. The maximum absolute atomic E-state index is 12.5. The van der Waals surface area contributed by atoms with Crippen molar-refractivity contribution < 1.29 is 13.2 Å². The second-order valence-corrected chi connectivity index (χ2v) is 8.28. The van der Waals surface area contributed by atoms with Gasteiger partial charge in [0.2, 0.25) is 10.0 Å². The van der Waals surface area contributed by atoms with Crippen molar-refractivity contribution in [3.63, 3.8) is 0 Å². The van der Waals surface area contributed by atoms with Crippen molar-refractivity contribution in [1.82, 2.24) is 4.72 Å². The molecule has 28 heavy (non-hydrogen) atoms. The Bertz CT molecular complexity index is 1120. The number of ether oxygens (including phenoxy) is 1. The van der Waals surface area contributed by atoms with Crippen LogP contribution in [0.25, 0.3) is 0 Å².